The molecule has 6 saturated heterocycles. The summed E-state index contributed by atoms with van der Waals surface area (Å²) in [5, 5.41) is 29.0. The summed E-state index contributed by atoms with van der Waals surface area (Å²) in [7, 11) is -33.8. The van der Waals surface area contributed by atoms with Crippen molar-refractivity contribution < 1.29 is 140 Å². The summed E-state index contributed by atoms with van der Waals surface area (Å²) in [5.41, 5.74) is 16.1. The molecule has 8 unspecified atom stereocenters. The van der Waals surface area contributed by atoms with Crippen molar-refractivity contribution in [2.24, 2.45) is 0 Å². The van der Waals surface area contributed by atoms with Crippen LogP contribution >= 0.6 is 46.7 Å². The number of aromatic amines is 4. The van der Waals surface area contributed by atoms with Gasteiger partial charge in [-0.25, -0.2) is 42.8 Å². The molecule has 14 heterocycles. The van der Waals surface area contributed by atoms with Crippen LogP contribution in [0, 0.1) is 5.41 Å². The number of fused-ring (bicyclic) bond motifs is 8. The number of nitrogens with zero attached hydrogens (tertiary/aromatic N) is 12. The maximum absolute atomic E-state index is 15.3. The molecule has 6 aliphatic rings. The number of nitrogen functional groups attached to an aromatic ring is 4. The van der Waals surface area contributed by atoms with Gasteiger partial charge in [-0.15, -0.1) is 0 Å². The second kappa shape index (κ2) is 29.1. The summed E-state index contributed by atoms with van der Waals surface area (Å²) >= 11 is 0. The molecular formula is C50H69N21O33P6. The normalized spacial score (nSPS) is 35.6. The third kappa shape index (κ3) is 15.4. The van der Waals surface area contributed by atoms with Gasteiger partial charge in [0, 0.05) is 6.42 Å². The highest BCUT2D eigenvalue weighted by Gasteiger charge is 2.61. The average molecular weight is 1680 g/mol. The van der Waals surface area contributed by atoms with E-state index >= 15 is 4.57 Å². The molecule has 0 saturated carbocycles. The molecule has 602 valence electrons. The van der Waals surface area contributed by atoms with E-state index in [1.807, 2.05) is 0 Å². The van der Waals surface area contributed by atoms with Crippen LogP contribution < -0.4 is 45.1 Å². The number of nitrogens with two attached hydrogens (primary N) is 4. The lowest BCUT2D eigenvalue weighted by Crippen LogP contribution is -2.41. The number of nitrogens with one attached hydrogen (secondary N) is 5. The molecule has 0 aromatic carbocycles. The van der Waals surface area contributed by atoms with Crippen LogP contribution in [0.4, 0.5) is 23.8 Å². The van der Waals surface area contributed by atoms with Gasteiger partial charge >= 0.3 is 46.7 Å². The van der Waals surface area contributed by atoms with E-state index in [4.69, 9.17) is 102 Å². The number of aromatic nitrogens is 16. The minimum atomic E-state index is -5.81. The van der Waals surface area contributed by atoms with Crippen molar-refractivity contribution in [3.8, 4) is 0 Å². The average Bonchev–Trinajstić information content (AvgIpc) is 1.61. The number of hydrogen-bond donors (Lipinski definition) is 17. The minimum absolute atomic E-state index is 0.0680. The standard InChI is InChI=1S/C50H69N21O33P6/c1-5-49(3,104-110(87,88)103-32-30-20(97-44(32)71-16-59-24-37(71)64-48(55)67-40(24)76)12-93-107(81,82)99-27-17(9-91-109(85,86)102-30)94-41(25(27)72)68-13-56-21-33(51)60-45(52)61-34(21)68)7-8-89-50(4,6-2)105(77,78)98-31-29-19(96-43(31)70-15-58-23-36(70)63-47(54)66-39(23)75)11-92-106(79,80)100-28-18(10-90-108(83,84)101-29)95-42(26(28)73)69-14-57-22-35(69)62-46(53)65-38(22)74/h13-20,25-32,41-44,72-73H,5-12H2,1-4H3,(H,77,78)(H,79,80)(H,81,82)(H,83,84)(H,85,86)(H,87,88)(H4,51,52,60,61)(H3,53,62,65,74)(H3,54,63,66,75)(H3,55,64,67,76)/t17-,18-,19-,20-,25-,26-,27-,28-,29-,30-,31-,32-,41-,42-,43-,44-,49?,50?/m1/s1. The van der Waals surface area contributed by atoms with E-state index in [2.05, 4.69) is 59.8 Å². The Morgan fingerprint density at radius 1 is 0.527 bits per heavy atom. The number of H-pyrrole nitrogens is 4. The molecule has 0 aliphatic carbocycles. The van der Waals surface area contributed by atoms with Crippen molar-refractivity contribution >= 4 is 115 Å². The number of hydrogen-bond acceptors (Lipinski definition) is 40. The molecule has 8 aromatic rings. The zero-order valence-corrected chi connectivity index (χ0v) is 62.2. The van der Waals surface area contributed by atoms with Crippen LogP contribution in [-0.2, 0) is 101 Å². The van der Waals surface area contributed by atoms with Crippen LogP contribution in [0.5, 0.6) is 0 Å². The Kier molecular flexibility index (Phi) is 21.1. The largest absolute Gasteiger partial charge is 0.473 e. The number of phosphoric acid groups is 5. The molecule has 24 atom stereocenters. The van der Waals surface area contributed by atoms with Gasteiger partial charge in [-0.05, 0) is 26.7 Å². The minimum Gasteiger partial charge on any atom is -0.386 e. The van der Waals surface area contributed by atoms with Crippen molar-refractivity contribution in [3.05, 3.63) is 61.9 Å². The van der Waals surface area contributed by atoms with Crippen molar-refractivity contribution in [2.45, 2.75) is 156 Å². The number of aliphatic hydroxyl groups is 2. The van der Waals surface area contributed by atoms with Gasteiger partial charge in [-0.2, -0.15) is 19.9 Å². The molecule has 60 heteroatoms. The number of anilines is 4. The highest BCUT2D eigenvalue weighted by molar-refractivity contribution is 7.54. The molecule has 14 rings (SSSR count). The van der Waals surface area contributed by atoms with Crippen molar-refractivity contribution in [3.63, 3.8) is 0 Å². The van der Waals surface area contributed by atoms with Crippen molar-refractivity contribution in [1.82, 2.24) is 78.1 Å². The van der Waals surface area contributed by atoms with E-state index in [1.165, 1.54) is 20.8 Å². The zero-order valence-electron chi connectivity index (χ0n) is 56.8. The number of rotatable bonds is 17. The first-order valence-corrected chi connectivity index (χ1v) is 41.6. The van der Waals surface area contributed by atoms with E-state index in [1.54, 1.807) is 0 Å². The first-order chi connectivity index (χ1) is 51.6. The third-order valence-corrected chi connectivity index (χ3v) is 25.9. The van der Waals surface area contributed by atoms with E-state index < -0.39 is 253 Å². The monoisotopic (exact) mass is 1680 g/mol. The fraction of sp³-hybridized carbons (Fsp3) is 0.600. The van der Waals surface area contributed by atoms with E-state index in [0.29, 0.717) is 0 Å². The Morgan fingerprint density at radius 2 is 0.855 bits per heavy atom. The zero-order chi connectivity index (χ0) is 79.1. The van der Waals surface area contributed by atoms with Gasteiger partial charge in [0.25, 0.3) is 16.7 Å². The van der Waals surface area contributed by atoms with Crippen LogP contribution in [0.1, 0.15) is 71.9 Å². The molecule has 6 aliphatic heterocycles. The molecule has 21 N–H and O–H groups in total. The topological polar surface area (TPSA) is 777 Å². The summed E-state index contributed by atoms with van der Waals surface area (Å²) in [6, 6.07) is 0. The number of phosphoric ester groups is 5. The second-order valence-electron chi connectivity index (χ2n) is 25.9. The van der Waals surface area contributed by atoms with E-state index in [0.717, 1.165) is 50.5 Å². The Hall–Kier alpha value is -6.98. The van der Waals surface area contributed by atoms with Gasteiger partial charge in [-0.1, -0.05) is 13.8 Å². The summed E-state index contributed by atoms with van der Waals surface area (Å²) in [6.07, 6.45) is -29.0. The molecule has 0 bridgehead atoms. The Bertz CT molecular complexity index is 5470. The smallest absolute Gasteiger partial charge is 0.386 e. The number of imidazole rings is 4. The molecule has 0 amide bonds. The van der Waals surface area contributed by atoms with Crippen molar-refractivity contribution in [1.29, 1.82) is 5.41 Å². The lowest BCUT2D eigenvalue weighted by molar-refractivity contribution is -0.0676. The number of aliphatic hydroxyl groups excluding tert-OH is 2. The molecule has 0 radical (unpaired) electrons. The van der Waals surface area contributed by atoms with Crippen LogP contribution in [-0.4, -0.2) is 235 Å². The SMILES string of the molecule is CCC(C)(CCOC(C)(CC)P(=O)(O)O[C@@H]1[C@@H]2OP(=O)(O)OC[C@H]3O[C@@H](n4cnc5c(=O)[nH]c(N)nc54)[C@H](O)[C@@H]3OP(=O)(O)OC[C@H]2O[C@H]1n1cnc2c(=O)[nH]c(N)nc21)OP(=O)(O)O[C@@H]1[C@@H]2OP(=O)(O)OC[C@H]3O[C@@H](n4cnc5c(=N)[nH]c(N)nc54)[C@H](O)[C@@H]3OP(=O)(O)OC[C@H]2O[C@H]1n1cnc2c(=O)[nH]c(N)nc21. The molecule has 110 heavy (non-hydrogen) atoms. The highest BCUT2D eigenvalue weighted by atomic mass is 31.2. The summed E-state index contributed by atoms with van der Waals surface area (Å²) in [5.74, 6) is -1.65. The fourth-order valence-corrected chi connectivity index (χ4v) is 19.5. The van der Waals surface area contributed by atoms with Crippen LogP contribution in [0.25, 0.3) is 44.7 Å². The second-order valence-corrected chi connectivity index (χ2v) is 35.0. The van der Waals surface area contributed by atoms with Crippen LogP contribution in [0.15, 0.2) is 39.7 Å². The third-order valence-electron chi connectivity index (χ3n) is 18.7. The molecule has 6 fully saturated rings. The van der Waals surface area contributed by atoms with Crippen LogP contribution in [0.3, 0.4) is 0 Å². The summed E-state index contributed by atoms with van der Waals surface area (Å²) in [6.45, 7) is -0.233. The molecule has 54 nitrogen and oxygen atoms in total. The van der Waals surface area contributed by atoms with Crippen LogP contribution in [0.2, 0.25) is 0 Å². The lowest BCUT2D eigenvalue weighted by atomic mass is 10.0. The Balaban J connectivity index is 0.715. The predicted molar refractivity (Wildman–Crippen MR) is 359 cm³/mol. The van der Waals surface area contributed by atoms with Gasteiger partial charge in [-0.3, -0.25) is 107 Å². The number of ether oxygens (including phenoxy) is 5. The highest BCUT2D eigenvalue weighted by Crippen LogP contribution is 2.64. The Labute approximate surface area is 610 Å². The first kappa shape index (κ1) is 79.7. The van der Waals surface area contributed by atoms with Gasteiger partial charge in [0.05, 0.1) is 63.9 Å². The summed E-state index contributed by atoms with van der Waals surface area (Å²) < 4.78 is 182. The Morgan fingerprint density at radius 3 is 1.24 bits per heavy atom. The lowest BCUT2D eigenvalue weighted by Gasteiger charge is -2.37. The quantitative estimate of drug-likeness (QED) is 0.0442. The first-order valence-electron chi connectivity index (χ1n) is 32.5. The summed E-state index contributed by atoms with van der Waals surface area (Å²) in [4.78, 5) is 150. The van der Waals surface area contributed by atoms with Crippen molar-refractivity contribution in [2.75, 3.05) is 56.0 Å². The van der Waals surface area contributed by atoms with Gasteiger partial charge < -0.3 is 91.2 Å². The molecule has 8 aromatic heterocycles. The van der Waals surface area contributed by atoms with E-state index in [9.17, 15) is 76.8 Å². The van der Waals surface area contributed by atoms with E-state index in [-0.39, 0.29) is 46.1 Å². The maximum atomic E-state index is 15.3. The fourth-order valence-electron chi connectivity index (χ4n) is 12.9. The maximum Gasteiger partial charge on any atom is 0.473 e. The van der Waals surface area contributed by atoms with Gasteiger partial charge in [0.15, 0.2) is 74.9 Å². The molecular weight excluding hydrogens is 1610 g/mol. The molecule has 0 spiro atoms. The predicted octanol–water partition coefficient (Wildman–Crippen LogP) is -1.91. The van der Waals surface area contributed by atoms with Gasteiger partial charge in [0.1, 0.15) is 78.8 Å². The van der Waals surface area contributed by atoms with Gasteiger partial charge in [0.2, 0.25) is 23.8 Å².